The van der Waals surface area contributed by atoms with Crippen molar-refractivity contribution in [3.63, 3.8) is 0 Å². The van der Waals surface area contributed by atoms with Crippen molar-refractivity contribution < 1.29 is 0 Å². The third-order valence-electron chi connectivity index (χ3n) is 2.27. The molecule has 0 aromatic carbocycles. The largest absolute Gasteiger partial charge is 0.354 e. The Kier molecular flexibility index (Phi) is 4.70. The van der Waals surface area contributed by atoms with E-state index in [-0.39, 0.29) is 0 Å². The van der Waals surface area contributed by atoms with Crippen LogP contribution in [0.5, 0.6) is 0 Å². The van der Waals surface area contributed by atoms with Gasteiger partial charge in [-0.25, -0.2) is 0 Å². The first-order chi connectivity index (χ1) is 6.72. The quantitative estimate of drug-likeness (QED) is 0.733. The number of hydrogen-bond donors (Lipinski definition) is 1. The second-order valence-corrected chi connectivity index (χ2v) is 3.95. The molecule has 0 bridgehead atoms. The predicted molar refractivity (Wildman–Crippen MR) is 60.4 cm³/mol. The minimum Gasteiger partial charge on any atom is -0.354 e. The maximum atomic E-state index is 5.49. The normalized spacial score (nSPS) is 11.1. The topological polar surface area (TPSA) is 34.2 Å². The van der Waals surface area contributed by atoms with Crippen molar-refractivity contribution in [2.24, 2.45) is 5.73 Å². The van der Waals surface area contributed by atoms with Crippen LogP contribution in [0.15, 0.2) is 18.5 Å². The molecule has 3 heteroatoms. The summed E-state index contributed by atoms with van der Waals surface area (Å²) in [5.41, 5.74) is 6.84. The van der Waals surface area contributed by atoms with Gasteiger partial charge in [-0.05, 0) is 51.7 Å². The summed E-state index contributed by atoms with van der Waals surface area (Å²) in [4.78, 5) is 2.21. The van der Waals surface area contributed by atoms with Crippen molar-refractivity contribution >= 4 is 0 Å². The van der Waals surface area contributed by atoms with E-state index < -0.39 is 0 Å². The highest BCUT2D eigenvalue weighted by Gasteiger charge is 1.96. The summed E-state index contributed by atoms with van der Waals surface area (Å²) in [5.74, 6) is 0. The highest BCUT2D eigenvalue weighted by molar-refractivity contribution is 5.10. The van der Waals surface area contributed by atoms with E-state index in [1.165, 1.54) is 12.0 Å². The molecule has 0 fully saturated rings. The molecule has 0 amide bonds. The number of aromatic nitrogens is 1. The lowest BCUT2D eigenvalue weighted by molar-refractivity contribution is 0.386. The molecular formula is C11H21N3. The highest BCUT2D eigenvalue weighted by atomic mass is 15.1. The standard InChI is InChI=1S/C11H21N3/c1-13(2)7-3-8-14-9-5-11(10-14)4-6-12/h5,9-10H,3-4,6-8,12H2,1-2H3. The van der Waals surface area contributed by atoms with Crippen LogP contribution in [-0.4, -0.2) is 36.7 Å². The van der Waals surface area contributed by atoms with Gasteiger partial charge >= 0.3 is 0 Å². The van der Waals surface area contributed by atoms with E-state index in [9.17, 15) is 0 Å². The smallest absolute Gasteiger partial charge is 0.0231 e. The fourth-order valence-electron chi connectivity index (χ4n) is 1.51. The van der Waals surface area contributed by atoms with Gasteiger partial charge in [0.1, 0.15) is 0 Å². The molecule has 0 atom stereocenters. The first-order valence-electron chi connectivity index (χ1n) is 5.22. The molecule has 0 aliphatic heterocycles. The summed E-state index contributed by atoms with van der Waals surface area (Å²) in [5, 5.41) is 0. The summed E-state index contributed by atoms with van der Waals surface area (Å²) < 4.78 is 2.24. The number of rotatable bonds is 6. The van der Waals surface area contributed by atoms with Crippen LogP contribution in [0.4, 0.5) is 0 Å². The maximum Gasteiger partial charge on any atom is 0.0231 e. The van der Waals surface area contributed by atoms with Gasteiger partial charge in [-0.1, -0.05) is 0 Å². The lowest BCUT2D eigenvalue weighted by Crippen LogP contribution is -2.14. The molecule has 0 saturated heterocycles. The molecule has 0 saturated carbocycles. The van der Waals surface area contributed by atoms with E-state index in [0.717, 1.165) is 26.1 Å². The fraction of sp³-hybridized carbons (Fsp3) is 0.636. The number of nitrogens with zero attached hydrogens (tertiary/aromatic N) is 2. The molecule has 0 aliphatic carbocycles. The second kappa shape index (κ2) is 5.83. The molecule has 1 heterocycles. The molecule has 0 unspecified atom stereocenters. The minimum absolute atomic E-state index is 0.738. The first-order valence-corrected chi connectivity index (χ1v) is 5.22. The molecule has 1 aromatic rings. The number of hydrogen-bond acceptors (Lipinski definition) is 2. The Morgan fingerprint density at radius 3 is 2.86 bits per heavy atom. The number of aryl methyl sites for hydroxylation is 1. The average Bonchev–Trinajstić information content (AvgIpc) is 2.53. The van der Waals surface area contributed by atoms with Crippen molar-refractivity contribution in [2.75, 3.05) is 27.2 Å². The van der Waals surface area contributed by atoms with Crippen LogP contribution in [-0.2, 0) is 13.0 Å². The van der Waals surface area contributed by atoms with Crippen molar-refractivity contribution in [3.05, 3.63) is 24.0 Å². The fourth-order valence-corrected chi connectivity index (χ4v) is 1.51. The molecule has 0 radical (unpaired) electrons. The summed E-state index contributed by atoms with van der Waals surface area (Å²) in [6, 6.07) is 2.16. The molecule has 1 rings (SSSR count). The molecule has 3 nitrogen and oxygen atoms in total. The van der Waals surface area contributed by atoms with Crippen LogP contribution >= 0.6 is 0 Å². The van der Waals surface area contributed by atoms with E-state index in [1.54, 1.807) is 0 Å². The minimum atomic E-state index is 0.738. The second-order valence-electron chi connectivity index (χ2n) is 3.95. The Labute approximate surface area is 86.5 Å². The zero-order valence-electron chi connectivity index (χ0n) is 9.24. The molecule has 80 valence electrons. The average molecular weight is 195 g/mol. The van der Waals surface area contributed by atoms with Crippen LogP contribution in [0, 0.1) is 0 Å². The van der Waals surface area contributed by atoms with Crippen LogP contribution in [0.2, 0.25) is 0 Å². The summed E-state index contributed by atoms with van der Waals surface area (Å²) in [6.07, 6.45) is 6.52. The van der Waals surface area contributed by atoms with Crippen LogP contribution < -0.4 is 5.73 Å². The Bertz CT molecular complexity index is 253. The van der Waals surface area contributed by atoms with Crippen LogP contribution in [0.25, 0.3) is 0 Å². The van der Waals surface area contributed by atoms with Gasteiger partial charge in [0.25, 0.3) is 0 Å². The third kappa shape index (κ3) is 3.94. The first kappa shape index (κ1) is 11.3. The van der Waals surface area contributed by atoms with E-state index in [4.69, 9.17) is 5.73 Å². The lowest BCUT2D eigenvalue weighted by Gasteiger charge is -2.09. The van der Waals surface area contributed by atoms with E-state index in [1.807, 2.05) is 0 Å². The zero-order chi connectivity index (χ0) is 10.4. The Balaban J connectivity index is 2.28. The summed E-state index contributed by atoms with van der Waals surface area (Å²) in [7, 11) is 4.21. The van der Waals surface area contributed by atoms with Gasteiger partial charge in [0, 0.05) is 18.9 Å². The van der Waals surface area contributed by atoms with Crippen LogP contribution in [0.3, 0.4) is 0 Å². The Hall–Kier alpha value is -0.800. The Morgan fingerprint density at radius 2 is 2.21 bits per heavy atom. The van der Waals surface area contributed by atoms with Gasteiger partial charge in [-0.3, -0.25) is 0 Å². The molecule has 1 aromatic heterocycles. The summed E-state index contributed by atoms with van der Waals surface area (Å²) in [6.45, 7) is 2.98. The van der Waals surface area contributed by atoms with Crippen molar-refractivity contribution in [1.29, 1.82) is 0 Å². The zero-order valence-corrected chi connectivity index (χ0v) is 9.24. The monoisotopic (exact) mass is 195 g/mol. The van der Waals surface area contributed by atoms with Gasteiger partial charge in [0.15, 0.2) is 0 Å². The molecule has 0 aliphatic rings. The van der Waals surface area contributed by atoms with Crippen molar-refractivity contribution in [1.82, 2.24) is 9.47 Å². The number of nitrogens with two attached hydrogens (primary N) is 1. The third-order valence-corrected chi connectivity index (χ3v) is 2.27. The van der Waals surface area contributed by atoms with E-state index in [2.05, 4.69) is 42.0 Å². The van der Waals surface area contributed by atoms with Gasteiger partial charge in [0.05, 0.1) is 0 Å². The van der Waals surface area contributed by atoms with Gasteiger partial charge in [-0.15, -0.1) is 0 Å². The Morgan fingerprint density at radius 1 is 1.43 bits per heavy atom. The summed E-state index contributed by atoms with van der Waals surface area (Å²) >= 11 is 0. The molecular weight excluding hydrogens is 174 g/mol. The van der Waals surface area contributed by atoms with Crippen molar-refractivity contribution in [2.45, 2.75) is 19.4 Å². The van der Waals surface area contributed by atoms with Gasteiger partial charge in [0.2, 0.25) is 0 Å². The maximum absolute atomic E-state index is 5.49. The van der Waals surface area contributed by atoms with Gasteiger partial charge in [-0.2, -0.15) is 0 Å². The van der Waals surface area contributed by atoms with Crippen LogP contribution in [0.1, 0.15) is 12.0 Å². The van der Waals surface area contributed by atoms with E-state index in [0.29, 0.717) is 0 Å². The predicted octanol–water partition coefficient (Wildman–Crippen LogP) is 0.941. The molecule has 14 heavy (non-hydrogen) atoms. The lowest BCUT2D eigenvalue weighted by atomic mass is 10.2. The SMILES string of the molecule is CN(C)CCCn1ccc(CCN)c1. The van der Waals surface area contributed by atoms with E-state index >= 15 is 0 Å². The molecule has 0 spiro atoms. The highest BCUT2D eigenvalue weighted by Crippen LogP contribution is 2.02. The van der Waals surface area contributed by atoms with Crippen molar-refractivity contribution in [3.8, 4) is 0 Å². The molecule has 2 N–H and O–H groups in total. The van der Waals surface area contributed by atoms with Gasteiger partial charge < -0.3 is 15.2 Å².